The minimum absolute atomic E-state index is 0.0970. The van der Waals surface area contributed by atoms with Gasteiger partial charge in [-0.2, -0.15) is 0 Å². The molecule has 0 spiro atoms. The number of hydrogen-bond donors (Lipinski definition) is 1. The number of aryl methyl sites for hydroxylation is 1. The van der Waals surface area contributed by atoms with E-state index in [1.807, 2.05) is 42.6 Å². The van der Waals surface area contributed by atoms with Crippen LogP contribution in [0.25, 0.3) is 5.57 Å². The molecule has 4 heteroatoms. The number of aromatic nitrogens is 1. The number of pyridine rings is 1. The van der Waals surface area contributed by atoms with Gasteiger partial charge in [-0.15, -0.1) is 0 Å². The average molecular weight is 415 g/mol. The predicted octanol–water partition coefficient (Wildman–Crippen LogP) is 5.44. The highest BCUT2D eigenvalue weighted by Crippen LogP contribution is 2.26. The Balaban J connectivity index is 1.49. The smallest absolute Gasteiger partial charge is 0.220 e. The Bertz CT molecular complexity index is 952. The molecule has 0 atom stereocenters. The van der Waals surface area contributed by atoms with Gasteiger partial charge in [0, 0.05) is 25.4 Å². The molecule has 0 aliphatic rings. The van der Waals surface area contributed by atoms with Gasteiger partial charge in [-0.1, -0.05) is 54.6 Å². The third kappa shape index (κ3) is 7.41. The van der Waals surface area contributed by atoms with Gasteiger partial charge in [0.25, 0.3) is 0 Å². The molecule has 31 heavy (non-hydrogen) atoms. The summed E-state index contributed by atoms with van der Waals surface area (Å²) < 4.78 is 5.27. The van der Waals surface area contributed by atoms with E-state index in [0.717, 1.165) is 41.7 Å². The van der Waals surface area contributed by atoms with Crippen molar-refractivity contribution in [2.45, 2.75) is 32.1 Å². The van der Waals surface area contributed by atoms with Crippen molar-refractivity contribution in [3.63, 3.8) is 0 Å². The third-order valence-corrected chi connectivity index (χ3v) is 5.14. The molecule has 0 aliphatic heterocycles. The average Bonchev–Trinajstić information content (AvgIpc) is 2.83. The summed E-state index contributed by atoms with van der Waals surface area (Å²) in [6.45, 7) is 0.715. The van der Waals surface area contributed by atoms with E-state index in [2.05, 4.69) is 46.7 Å². The van der Waals surface area contributed by atoms with Gasteiger partial charge < -0.3 is 10.1 Å². The predicted molar refractivity (Wildman–Crippen MR) is 126 cm³/mol. The monoisotopic (exact) mass is 414 g/mol. The van der Waals surface area contributed by atoms with E-state index < -0.39 is 0 Å². The van der Waals surface area contributed by atoms with Crippen molar-refractivity contribution in [1.82, 2.24) is 10.3 Å². The molecule has 0 fully saturated rings. The number of amides is 1. The van der Waals surface area contributed by atoms with Crippen LogP contribution in [0.5, 0.6) is 5.75 Å². The Hall–Kier alpha value is -3.40. The quantitative estimate of drug-likeness (QED) is 0.425. The number of hydrogen-bond acceptors (Lipinski definition) is 3. The Labute approximate surface area is 185 Å². The fourth-order valence-corrected chi connectivity index (χ4v) is 3.45. The number of ether oxygens (including phenoxy) is 1. The summed E-state index contributed by atoms with van der Waals surface area (Å²) in [4.78, 5) is 16.4. The van der Waals surface area contributed by atoms with Gasteiger partial charge in [-0.3, -0.25) is 9.78 Å². The number of carbonyl (C=O) groups excluding carboxylic acids is 1. The van der Waals surface area contributed by atoms with Gasteiger partial charge in [0.1, 0.15) is 5.75 Å². The van der Waals surface area contributed by atoms with Crippen molar-refractivity contribution < 1.29 is 9.53 Å². The molecular weight excluding hydrogens is 384 g/mol. The molecule has 1 N–H and O–H groups in total. The van der Waals surface area contributed by atoms with E-state index in [-0.39, 0.29) is 5.91 Å². The molecule has 4 nitrogen and oxygen atoms in total. The SMILES string of the molecule is COc1ccc(/C(=C\CCC(=O)NCCCCc2cccnc2)c2ccccc2)cc1. The highest BCUT2D eigenvalue weighted by atomic mass is 16.5. The number of nitrogens with zero attached hydrogens (tertiary/aromatic N) is 1. The van der Waals surface area contributed by atoms with Crippen molar-refractivity contribution in [2.75, 3.05) is 13.7 Å². The van der Waals surface area contributed by atoms with Crippen molar-refractivity contribution in [3.8, 4) is 5.75 Å². The number of unbranched alkanes of at least 4 members (excludes halogenated alkanes) is 1. The van der Waals surface area contributed by atoms with Crippen LogP contribution in [0.3, 0.4) is 0 Å². The van der Waals surface area contributed by atoms with Crippen LogP contribution in [0.1, 0.15) is 42.4 Å². The van der Waals surface area contributed by atoms with E-state index in [1.54, 1.807) is 13.3 Å². The molecule has 3 rings (SSSR count). The summed E-state index contributed by atoms with van der Waals surface area (Å²) >= 11 is 0. The zero-order valence-electron chi connectivity index (χ0n) is 18.1. The van der Waals surface area contributed by atoms with E-state index in [0.29, 0.717) is 19.4 Å². The molecule has 0 saturated carbocycles. The molecule has 1 amide bonds. The summed E-state index contributed by atoms with van der Waals surface area (Å²) in [5.41, 5.74) is 4.63. The minimum atomic E-state index is 0.0970. The summed E-state index contributed by atoms with van der Waals surface area (Å²) in [5, 5.41) is 3.04. The first-order valence-electron chi connectivity index (χ1n) is 10.8. The Morgan fingerprint density at radius 1 is 0.968 bits per heavy atom. The lowest BCUT2D eigenvalue weighted by atomic mass is 9.96. The first-order valence-corrected chi connectivity index (χ1v) is 10.8. The van der Waals surface area contributed by atoms with Gasteiger partial charge in [0.15, 0.2) is 0 Å². The maximum absolute atomic E-state index is 12.2. The van der Waals surface area contributed by atoms with E-state index >= 15 is 0 Å². The summed E-state index contributed by atoms with van der Waals surface area (Å²) in [7, 11) is 1.67. The molecule has 0 unspecified atom stereocenters. The highest BCUT2D eigenvalue weighted by molar-refractivity contribution is 5.81. The first-order chi connectivity index (χ1) is 15.3. The zero-order chi connectivity index (χ0) is 21.7. The maximum Gasteiger partial charge on any atom is 0.220 e. The lowest BCUT2D eigenvalue weighted by Crippen LogP contribution is -2.23. The fourth-order valence-electron chi connectivity index (χ4n) is 3.45. The van der Waals surface area contributed by atoms with Crippen LogP contribution in [0.4, 0.5) is 0 Å². The number of allylic oxidation sites excluding steroid dienone is 1. The zero-order valence-corrected chi connectivity index (χ0v) is 18.1. The molecule has 1 aromatic heterocycles. The number of nitrogens with one attached hydrogen (secondary N) is 1. The third-order valence-electron chi connectivity index (χ3n) is 5.14. The Kier molecular flexibility index (Phi) is 8.87. The van der Waals surface area contributed by atoms with Crippen LogP contribution in [0.2, 0.25) is 0 Å². The van der Waals surface area contributed by atoms with Gasteiger partial charge in [-0.25, -0.2) is 0 Å². The topological polar surface area (TPSA) is 51.2 Å². The van der Waals surface area contributed by atoms with Crippen molar-refractivity contribution in [2.24, 2.45) is 0 Å². The largest absolute Gasteiger partial charge is 0.497 e. The standard InChI is InChI=1S/C27H30N2O2/c1-31-25-17-15-24(16-18-25)26(23-11-3-2-4-12-23)13-7-14-27(30)29-20-6-5-9-22-10-8-19-28-21-22/h2-4,8,10-13,15-19,21H,5-7,9,14,20H2,1H3,(H,29,30)/b26-13-. The summed E-state index contributed by atoms with van der Waals surface area (Å²) in [6, 6.07) is 22.4. The summed E-state index contributed by atoms with van der Waals surface area (Å²) in [6.07, 6.45) is 10.0. The molecule has 0 saturated heterocycles. The van der Waals surface area contributed by atoms with Gasteiger partial charge in [0.2, 0.25) is 5.91 Å². The van der Waals surface area contributed by atoms with E-state index in [4.69, 9.17) is 4.74 Å². The van der Waals surface area contributed by atoms with Crippen LogP contribution in [0.15, 0.2) is 85.2 Å². The van der Waals surface area contributed by atoms with Crippen LogP contribution in [-0.4, -0.2) is 24.5 Å². The van der Waals surface area contributed by atoms with E-state index in [9.17, 15) is 4.79 Å². The molecule has 1 heterocycles. The number of methoxy groups -OCH3 is 1. The molecular formula is C27H30N2O2. The number of rotatable bonds is 11. The molecule has 0 radical (unpaired) electrons. The van der Waals surface area contributed by atoms with Crippen LogP contribution in [-0.2, 0) is 11.2 Å². The first kappa shape index (κ1) is 22.3. The number of benzene rings is 2. The second kappa shape index (κ2) is 12.3. The van der Waals surface area contributed by atoms with Crippen LogP contribution < -0.4 is 10.1 Å². The van der Waals surface area contributed by atoms with Gasteiger partial charge in [-0.05, 0) is 66.1 Å². The fraction of sp³-hybridized carbons (Fsp3) is 0.259. The molecule has 0 bridgehead atoms. The normalized spacial score (nSPS) is 11.2. The van der Waals surface area contributed by atoms with Crippen molar-refractivity contribution in [3.05, 3.63) is 102 Å². The maximum atomic E-state index is 12.2. The van der Waals surface area contributed by atoms with Gasteiger partial charge >= 0.3 is 0 Å². The van der Waals surface area contributed by atoms with Gasteiger partial charge in [0.05, 0.1) is 7.11 Å². The van der Waals surface area contributed by atoms with E-state index in [1.165, 1.54) is 5.56 Å². The Morgan fingerprint density at radius 2 is 1.74 bits per heavy atom. The molecule has 160 valence electrons. The molecule has 2 aromatic carbocycles. The Morgan fingerprint density at radius 3 is 2.45 bits per heavy atom. The van der Waals surface area contributed by atoms with Crippen LogP contribution >= 0.6 is 0 Å². The number of carbonyl (C=O) groups is 1. The lowest BCUT2D eigenvalue weighted by Gasteiger charge is -2.10. The highest BCUT2D eigenvalue weighted by Gasteiger charge is 2.06. The summed E-state index contributed by atoms with van der Waals surface area (Å²) in [5.74, 6) is 0.929. The second-order valence-electron chi connectivity index (χ2n) is 7.42. The minimum Gasteiger partial charge on any atom is -0.497 e. The van der Waals surface area contributed by atoms with Crippen molar-refractivity contribution in [1.29, 1.82) is 0 Å². The van der Waals surface area contributed by atoms with Crippen molar-refractivity contribution >= 4 is 11.5 Å². The molecule has 0 aliphatic carbocycles. The lowest BCUT2D eigenvalue weighted by molar-refractivity contribution is -0.121. The second-order valence-corrected chi connectivity index (χ2v) is 7.42. The molecule has 3 aromatic rings. The van der Waals surface area contributed by atoms with Crippen LogP contribution in [0, 0.1) is 0 Å².